The number of amides is 1. The van der Waals surface area contributed by atoms with Gasteiger partial charge in [0.1, 0.15) is 17.1 Å². The van der Waals surface area contributed by atoms with Crippen LogP contribution in [0.3, 0.4) is 0 Å². The first-order chi connectivity index (χ1) is 18.8. The first kappa shape index (κ1) is 27.4. The summed E-state index contributed by atoms with van der Waals surface area (Å²) in [5, 5.41) is 10.6. The number of benzene rings is 2. The Kier molecular flexibility index (Phi) is 6.70. The highest BCUT2D eigenvalue weighted by atomic mass is 16.6. The van der Waals surface area contributed by atoms with Crippen LogP contribution in [0, 0.1) is 0 Å². The fourth-order valence-corrected chi connectivity index (χ4v) is 5.82. The third-order valence-electron chi connectivity index (χ3n) is 7.87. The van der Waals surface area contributed by atoms with Crippen molar-refractivity contribution in [2.75, 3.05) is 6.54 Å². The van der Waals surface area contributed by atoms with E-state index < -0.39 is 28.5 Å². The van der Waals surface area contributed by atoms with Gasteiger partial charge in [0.05, 0.1) is 11.6 Å². The molecule has 40 heavy (non-hydrogen) atoms. The van der Waals surface area contributed by atoms with E-state index in [2.05, 4.69) is 4.98 Å². The molecule has 2 unspecified atom stereocenters. The minimum atomic E-state index is -1.02. The van der Waals surface area contributed by atoms with Crippen LogP contribution in [-0.4, -0.2) is 46.9 Å². The van der Waals surface area contributed by atoms with Gasteiger partial charge in [-0.05, 0) is 31.9 Å². The van der Waals surface area contributed by atoms with Crippen molar-refractivity contribution in [2.45, 2.75) is 50.9 Å². The van der Waals surface area contributed by atoms with Crippen molar-refractivity contribution in [2.24, 2.45) is 21.1 Å². The highest BCUT2D eigenvalue weighted by Gasteiger charge is 2.46. The molecule has 0 bridgehead atoms. The molecular weight excluding hydrogens is 510 g/mol. The smallest absolute Gasteiger partial charge is 0.411 e. The molecule has 0 spiro atoms. The number of carbonyl (C=O) groups is 1. The number of nitrogens with zero attached hydrogens (tertiary/aromatic N) is 5. The van der Waals surface area contributed by atoms with Crippen molar-refractivity contribution < 1.29 is 14.6 Å². The summed E-state index contributed by atoms with van der Waals surface area (Å²) >= 11 is 0. The van der Waals surface area contributed by atoms with Crippen LogP contribution in [0.2, 0.25) is 0 Å². The van der Waals surface area contributed by atoms with Gasteiger partial charge in [0, 0.05) is 46.1 Å². The predicted molar refractivity (Wildman–Crippen MR) is 152 cm³/mol. The van der Waals surface area contributed by atoms with Crippen LogP contribution in [-0.2, 0) is 31.5 Å². The molecule has 2 aromatic carbocycles. The van der Waals surface area contributed by atoms with E-state index in [0.29, 0.717) is 30.9 Å². The van der Waals surface area contributed by atoms with Gasteiger partial charge in [-0.25, -0.2) is 14.6 Å². The summed E-state index contributed by atoms with van der Waals surface area (Å²) in [5.41, 5.74) is 0.453. The zero-order chi connectivity index (χ0) is 29.0. The monoisotopic (exact) mass is 545 g/mol. The first-order valence-electron chi connectivity index (χ1n) is 13.3. The average molecular weight is 546 g/mol. The van der Waals surface area contributed by atoms with Crippen LogP contribution in [0.4, 0.5) is 4.79 Å². The predicted octanol–water partition coefficient (Wildman–Crippen LogP) is 3.60. The SMILES string of the molecule is CC(c1ccc(-c2nc3c(=O)n(C)c(=O)n(C)c3n2C)cc1)N1CCC(CC(C)(C)O)(c2ccccc2)OC1=O. The molecule has 4 aromatic rings. The van der Waals surface area contributed by atoms with Gasteiger partial charge < -0.3 is 19.3 Å². The molecule has 1 N–H and O–H groups in total. The van der Waals surface area contributed by atoms with Crippen molar-refractivity contribution in [1.82, 2.24) is 23.6 Å². The Morgan fingerprint density at radius 2 is 1.62 bits per heavy atom. The van der Waals surface area contributed by atoms with Gasteiger partial charge in [-0.2, -0.15) is 0 Å². The van der Waals surface area contributed by atoms with E-state index in [1.54, 1.807) is 37.4 Å². The van der Waals surface area contributed by atoms with Crippen molar-refractivity contribution in [3.8, 4) is 11.4 Å². The quantitative estimate of drug-likeness (QED) is 0.396. The fourth-order valence-electron chi connectivity index (χ4n) is 5.82. The zero-order valence-corrected chi connectivity index (χ0v) is 23.7. The highest BCUT2D eigenvalue weighted by Crippen LogP contribution is 2.42. The molecule has 1 aliphatic heterocycles. The lowest BCUT2D eigenvalue weighted by atomic mass is 9.80. The third kappa shape index (κ3) is 4.62. The minimum Gasteiger partial charge on any atom is -0.438 e. The number of aryl methyl sites for hydroxylation is 2. The normalized spacial score (nSPS) is 18.7. The standard InChI is InChI=1S/C30H35N5O5/c1-19(35-17-16-30(40-28(35)38,18-29(2,3)39)22-10-8-7-9-11-22)20-12-14-21(15-13-20)24-31-23-25(32(24)4)33(5)27(37)34(6)26(23)36/h7-15,19,39H,16-18H2,1-6H3. The van der Waals surface area contributed by atoms with E-state index in [1.807, 2.05) is 61.5 Å². The van der Waals surface area contributed by atoms with Gasteiger partial charge in [0.2, 0.25) is 0 Å². The average Bonchev–Trinajstić information content (AvgIpc) is 3.27. The Morgan fingerprint density at radius 1 is 0.975 bits per heavy atom. The molecule has 2 atom stereocenters. The number of aliphatic hydroxyl groups is 1. The molecule has 3 heterocycles. The number of carbonyl (C=O) groups excluding carboxylic acids is 1. The highest BCUT2D eigenvalue weighted by molar-refractivity contribution is 5.77. The van der Waals surface area contributed by atoms with E-state index in [0.717, 1.165) is 21.3 Å². The van der Waals surface area contributed by atoms with Crippen LogP contribution in [0.5, 0.6) is 0 Å². The maximum atomic E-state index is 13.4. The van der Waals surface area contributed by atoms with Crippen molar-refractivity contribution in [3.63, 3.8) is 0 Å². The molecule has 2 aromatic heterocycles. The molecule has 10 heteroatoms. The number of hydrogen-bond donors (Lipinski definition) is 1. The van der Waals surface area contributed by atoms with Gasteiger partial charge in [-0.3, -0.25) is 13.9 Å². The van der Waals surface area contributed by atoms with Crippen LogP contribution in [0.1, 0.15) is 50.8 Å². The number of aromatic nitrogens is 4. The number of hydrogen-bond acceptors (Lipinski definition) is 6. The van der Waals surface area contributed by atoms with Gasteiger partial charge in [-0.15, -0.1) is 0 Å². The topological polar surface area (TPSA) is 112 Å². The molecule has 5 rings (SSSR count). The van der Waals surface area contributed by atoms with E-state index in [-0.39, 0.29) is 11.6 Å². The lowest BCUT2D eigenvalue weighted by Gasteiger charge is -2.45. The summed E-state index contributed by atoms with van der Waals surface area (Å²) in [6, 6.07) is 17.0. The number of rotatable bonds is 6. The molecule has 1 amide bonds. The summed E-state index contributed by atoms with van der Waals surface area (Å²) in [7, 11) is 4.83. The zero-order valence-electron chi connectivity index (χ0n) is 23.7. The van der Waals surface area contributed by atoms with Crippen molar-refractivity contribution in [3.05, 3.63) is 86.6 Å². The number of ether oxygens (including phenoxy) is 1. The molecule has 1 fully saturated rings. The van der Waals surface area contributed by atoms with E-state index in [1.165, 1.54) is 11.6 Å². The Balaban J connectivity index is 1.41. The summed E-state index contributed by atoms with van der Waals surface area (Å²) in [6.07, 6.45) is 0.408. The molecule has 210 valence electrons. The Bertz CT molecular complexity index is 1700. The molecule has 10 nitrogen and oxygen atoms in total. The van der Waals surface area contributed by atoms with Crippen LogP contribution < -0.4 is 11.2 Å². The molecule has 0 aliphatic carbocycles. The van der Waals surface area contributed by atoms with Gasteiger partial charge >= 0.3 is 11.8 Å². The summed E-state index contributed by atoms with van der Waals surface area (Å²) < 4.78 is 10.3. The van der Waals surface area contributed by atoms with Crippen LogP contribution in [0.15, 0.2) is 64.2 Å². The van der Waals surface area contributed by atoms with E-state index >= 15 is 0 Å². The van der Waals surface area contributed by atoms with Gasteiger partial charge in [0.15, 0.2) is 5.52 Å². The summed E-state index contributed by atoms with van der Waals surface area (Å²) in [6.45, 7) is 5.87. The Morgan fingerprint density at radius 3 is 2.23 bits per heavy atom. The minimum absolute atomic E-state index is 0.226. The molecule has 1 saturated heterocycles. The molecule has 0 radical (unpaired) electrons. The van der Waals surface area contributed by atoms with Gasteiger partial charge in [-0.1, -0.05) is 54.6 Å². The maximum absolute atomic E-state index is 13.4. The Labute approximate surface area is 232 Å². The third-order valence-corrected chi connectivity index (χ3v) is 7.87. The molecule has 0 saturated carbocycles. The lowest BCUT2D eigenvalue weighted by molar-refractivity contribution is -0.101. The van der Waals surface area contributed by atoms with Crippen LogP contribution in [0.25, 0.3) is 22.6 Å². The summed E-state index contributed by atoms with van der Waals surface area (Å²) in [4.78, 5) is 44.7. The second-order valence-electron chi connectivity index (χ2n) is 11.3. The molecular formula is C30H35N5O5. The number of cyclic esters (lactones) is 1. The summed E-state index contributed by atoms with van der Waals surface area (Å²) in [5.74, 6) is 0.559. The second-order valence-corrected chi connectivity index (χ2v) is 11.3. The Hall–Kier alpha value is -4.18. The van der Waals surface area contributed by atoms with Crippen LogP contribution >= 0.6 is 0 Å². The number of imidazole rings is 1. The lowest BCUT2D eigenvalue weighted by Crippen LogP contribution is -2.51. The largest absolute Gasteiger partial charge is 0.438 e. The van der Waals surface area contributed by atoms with Crippen molar-refractivity contribution >= 4 is 17.3 Å². The van der Waals surface area contributed by atoms with E-state index in [9.17, 15) is 19.5 Å². The van der Waals surface area contributed by atoms with E-state index in [4.69, 9.17) is 4.74 Å². The fraction of sp³-hybridized carbons (Fsp3) is 0.400. The molecule has 1 aliphatic rings. The maximum Gasteiger partial charge on any atom is 0.411 e. The number of fused-ring (bicyclic) bond motifs is 1. The van der Waals surface area contributed by atoms with Gasteiger partial charge in [0.25, 0.3) is 5.56 Å². The second kappa shape index (κ2) is 9.78. The van der Waals surface area contributed by atoms with Crippen molar-refractivity contribution in [1.29, 1.82) is 0 Å². The first-order valence-corrected chi connectivity index (χ1v) is 13.3.